The van der Waals surface area contributed by atoms with E-state index < -0.39 is 0 Å². The lowest BCUT2D eigenvalue weighted by molar-refractivity contribution is 0.399. The summed E-state index contributed by atoms with van der Waals surface area (Å²) in [5.41, 5.74) is 0.569. The standard InChI is InChI=1S/C7H5N3O/c1-11-7-6(3-9)5(2-8)4-10-7/h4,10H,1H3. The lowest BCUT2D eigenvalue weighted by Gasteiger charge is -1.92. The van der Waals surface area contributed by atoms with E-state index in [0.29, 0.717) is 11.4 Å². The first-order valence-corrected chi connectivity index (χ1v) is 2.89. The van der Waals surface area contributed by atoms with Crippen LogP contribution >= 0.6 is 0 Å². The average Bonchev–Trinajstić information content (AvgIpc) is 2.45. The van der Waals surface area contributed by atoms with Gasteiger partial charge >= 0.3 is 0 Å². The summed E-state index contributed by atoms with van der Waals surface area (Å²) in [6.07, 6.45) is 1.44. The Morgan fingerprint density at radius 3 is 2.64 bits per heavy atom. The fraction of sp³-hybridized carbons (Fsp3) is 0.143. The summed E-state index contributed by atoms with van der Waals surface area (Å²) in [4.78, 5) is 2.66. The van der Waals surface area contributed by atoms with Gasteiger partial charge in [0, 0.05) is 6.20 Å². The summed E-state index contributed by atoms with van der Waals surface area (Å²) in [6, 6.07) is 3.73. The number of methoxy groups -OCH3 is 1. The second-order valence-electron chi connectivity index (χ2n) is 1.83. The zero-order chi connectivity index (χ0) is 8.27. The van der Waals surface area contributed by atoms with Crippen LogP contribution in [0, 0.1) is 22.7 Å². The summed E-state index contributed by atoms with van der Waals surface area (Å²) in [5.74, 6) is 0.337. The third-order valence-electron chi connectivity index (χ3n) is 1.28. The van der Waals surface area contributed by atoms with E-state index in [1.54, 1.807) is 0 Å². The predicted octanol–water partition coefficient (Wildman–Crippen LogP) is 0.767. The fourth-order valence-corrected chi connectivity index (χ4v) is 0.765. The van der Waals surface area contributed by atoms with E-state index >= 15 is 0 Å². The molecular weight excluding hydrogens is 142 g/mol. The molecular formula is C7H5N3O. The van der Waals surface area contributed by atoms with Gasteiger partial charge in [0.1, 0.15) is 17.7 Å². The second kappa shape index (κ2) is 2.76. The third-order valence-corrected chi connectivity index (χ3v) is 1.28. The van der Waals surface area contributed by atoms with Crippen molar-refractivity contribution >= 4 is 0 Å². The van der Waals surface area contributed by atoms with Crippen LogP contribution in [0.1, 0.15) is 11.1 Å². The van der Waals surface area contributed by atoms with E-state index in [1.165, 1.54) is 13.3 Å². The summed E-state index contributed by atoms with van der Waals surface area (Å²) in [6.45, 7) is 0. The Balaban J connectivity index is 3.26. The molecule has 0 atom stereocenters. The lowest BCUT2D eigenvalue weighted by atomic mass is 10.2. The Hall–Kier alpha value is -1.94. The van der Waals surface area contributed by atoms with Crippen LogP contribution in [0.3, 0.4) is 0 Å². The van der Waals surface area contributed by atoms with Crippen molar-refractivity contribution in [2.24, 2.45) is 0 Å². The first-order valence-electron chi connectivity index (χ1n) is 2.89. The molecule has 0 spiro atoms. The molecule has 1 rings (SSSR count). The molecule has 4 heteroatoms. The maximum atomic E-state index is 8.55. The number of ether oxygens (including phenoxy) is 1. The number of hydrogen-bond donors (Lipinski definition) is 1. The van der Waals surface area contributed by atoms with Crippen molar-refractivity contribution in [1.29, 1.82) is 10.5 Å². The van der Waals surface area contributed by atoms with Crippen LogP contribution in [0.15, 0.2) is 6.20 Å². The zero-order valence-electron chi connectivity index (χ0n) is 5.88. The van der Waals surface area contributed by atoms with E-state index in [-0.39, 0.29) is 5.56 Å². The van der Waals surface area contributed by atoms with Crippen LogP contribution in [0.25, 0.3) is 0 Å². The molecule has 0 aliphatic heterocycles. The molecule has 1 heterocycles. The molecule has 0 saturated heterocycles. The molecule has 4 nitrogen and oxygen atoms in total. The minimum Gasteiger partial charge on any atom is -0.481 e. The molecule has 0 fully saturated rings. The van der Waals surface area contributed by atoms with Crippen molar-refractivity contribution in [3.8, 4) is 18.0 Å². The first-order chi connectivity index (χ1) is 5.33. The zero-order valence-corrected chi connectivity index (χ0v) is 5.88. The van der Waals surface area contributed by atoms with Crippen LogP contribution in [-0.4, -0.2) is 12.1 Å². The van der Waals surface area contributed by atoms with E-state index in [1.807, 2.05) is 12.1 Å². The van der Waals surface area contributed by atoms with E-state index in [0.717, 1.165) is 0 Å². The van der Waals surface area contributed by atoms with Crippen molar-refractivity contribution in [2.45, 2.75) is 0 Å². The molecule has 0 radical (unpaired) electrons. The van der Waals surface area contributed by atoms with E-state index in [4.69, 9.17) is 15.3 Å². The highest BCUT2D eigenvalue weighted by Crippen LogP contribution is 2.18. The number of nitriles is 2. The van der Waals surface area contributed by atoms with Gasteiger partial charge in [0.15, 0.2) is 0 Å². The molecule has 1 aromatic heterocycles. The number of nitrogens with one attached hydrogen (secondary N) is 1. The lowest BCUT2D eigenvalue weighted by Crippen LogP contribution is -1.85. The molecule has 0 amide bonds. The van der Waals surface area contributed by atoms with Gasteiger partial charge in [0.2, 0.25) is 5.88 Å². The Labute approximate surface area is 63.6 Å². The van der Waals surface area contributed by atoms with Gasteiger partial charge in [0.25, 0.3) is 0 Å². The number of rotatable bonds is 1. The smallest absolute Gasteiger partial charge is 0.210 e. The molecule has 11 heavy (non-hydrogen) atoms. The first kappa shape index (κ1) is 7.17. The van der Waals surface area contributed by atoms with Crippen molar-refractivity contribution in [3.63, 3.8) is 0 Å². The molecule has 1 aromatic rings. The van der Waals surface area contributed by atoms with Crippen LogP contribution in [-0.2, 0) is 0 Å². The van der Waals surface area contributed by atoms with E-state index in [9.17, 15) is 0 Å². The largest absolute Gasteiger partial charge is 0.481 e. The highest BCUT2D eigenvalue weighted by atomic mass is 16.5. The molecule has 0 unspecified atom stereocenters. The maximum Gasteiger partial charge on any atom is 0.210 e. The van der Waals surface area contributed by atoms with Crippen molar-refractivity contribution < 1.29 is 4.74 Å². The third kappa shape index (κ3) is 1.02. The van der Waals surface area contributed by atoms with Crippen LogP contribution < -0.4 is 4.74 Å². The van der Waals surface area contributed by atoms with E-state index in [2.05, 4.69) is 4.98 Å². The number of nitrogens with zero attached hydrogens (tertiary/aromatic N) is 2. The monoisotopic (exact) mass is 147 g/mol. The Morgan fingerprint density at radius 1 is 1.45 bits per heavy atom. The predicted molar refractivity (Wildman–Crippen MR) is 36.8 cm³/mol. The van der Waals surface area contributed by atoms with Crippen molar-refractivity contribution in [1.82, 2.24) is 4.98 Å². The minimum atomic E-state index is 0.259. The molecule has 0 bridgehead atoms. The van der Waals surface area contributed by atoms with Gasteiger partial charge in [-0.3, -0.25) is 0 Å². The summed E-state index contributed by atoms with van der Waals surface area (Å²) < 4.78 is 4.79. The number of aromatic nitrogens is 1. The van der Waals surface area contributed by atoms with Crippen LogP contribution in [0.5, 0.6) is 5.88 Å². The van der Waals surface area contributed by atoms with Crippen LogP contribution in [0.4, 0.5) is 0 Å². The van der Waals surface area contributed by atoms with Gasteiger partial charge in [-0.1, -0.05) is 0 Å². The van der Waals surface area contributed by atoms with Gasteiger partial charge in [0.05, 0.1) is 12.7 Å². The highest BCUT2D eigenvalue weighted by molar-refractivity contribution is 5.51. The maximum absolute atomic E-state index is 8.55. The summed E-state index contributed by atoms with van der Waals surface area (Å²) >= 11 is 0. The SMILES string of the molecule is COc1[nH]cc(C#N)c1C#N. The van der Waals surface area contributed by atoms with Crippen LogP contribution in [0.2, 0.25) is 0 Å². The van der Waals surface area contributed by atoms with Gasteiger partial charge in [-0.15, -0.1) is 0 Å². The molecule has 0 aliphatic carbocycles. The summed E-state index contributed by atoms with van der Waals surface area (Å²) in [5, 5.41) is 17.0. The second-order valence-corrected chi connectivity index (χ2v) is 1.83. The molecule has 1 N–H and O–H groups in total. The molecule has 0 saturated carbocycles. The van der Waals surface area contributed by atoms with Gasteiger partial charge in [-0.2, -0.15) is 10.5 Å². The Morgan fingerprint density at radius 2 is 2.18 bits per heavy atom. The molecule has 0 aliphatic rings. The highest BCUT2D eigenvalue weighted by Gasteiger charge is 2.09. The summed E-state index contributed by atoms with van der Waals surface area (Å²) in [7, 11) is 1.44. The average molecular weight is 147 g/mol. The normalized spacial score (nSPS) is 8.27. The number of hydrogen-bond acceptors (Lipinski definition) is 3. The fourth-order valence-electron chi connectivity index (χ4n) is 0.765. The minimum absolute atomic E-state index is 0.259. The van der Waals surface area contributed by atoms with Gasteiger partial charge < -0.3 is 9.72 Å². The number of H-pyrrole nitrogens is 1. The van der Waals surface area contributed by atoms with Crippen molar-refractivity contribution in [2.75, 3.05) is 7.11 Å². The molecule has 0 aromatic carbocycles. The quantitative estimate of drug-likeness (QED) is 0.637. The van der Waals surface area contributed by atoms with Crippen molar-refractivity contribution in [3.05, 3.63) is 17.3 Å². The number of aromatic amines is 1. The molecule has 54 valence electrons. The van der Waals surface area contributed by atoms with Gasteiger partial charge in [-0.25, -0.2) is 0 Å². The topological polar surface area (TPSA) is 72.6 Å². The Bertz CT molecular complexity index is 340. The Kier molecular flexibility index (Phi) is 1.80. The van der Waals surface area contributed by atoms with Gasteiger partial charge in [-0.05, 0) is 0 Å².